The number of aliphatic hydroxyl groups excluding tert-OH is 1. The number of halogens is 1. The Morgan fingerprint density at radius 1 is 1.48 bits per heavy atom. The van der Waals surface area contributed by atoms with Crippen LogP contribution in [0.15, 0.2) is 15.5 Å². The second kappa shape index (κ2) is 6.06. The maximum atomic E-state index is 12.2. The van der Waals surface area contributed by atoms with Crippen LogP contribution in [0.3, 0.4) is 0 Å². The third-order valence-corrected chi connectivity index (χ3v) is 5.40. The Bertz CT molecular complexity index is 565. The van der Waals surface area contributed by atoms with Crippen molar-refractivity contribution in [2.75, 3.05) is 18.6 Å². The zero-order valence-electron chi connectivity index (χ0n) is 12.1. The van der Waals surface area contributed by atoms with Gasteiger partial charge in [0.05, 0.1) is 25.0 Å². The van der Waals surface area contributed by atoms with Crippen LogP contribution in [0.25, 0.3) is 0 Å². The highest BCUT2D eigenvalue weighted by molar-refractivity contribution is 9.10. The van der Waals surface area contributed by atoms with Gasteiger partial charge in [-0.05, 0) is 41.6 Å². The molecule has 0 saturated carbocycles. The van der Waals surface area contributed by atoms with E-state index >= 15 is 0 Å². The van der Waals surface area contributed by atoms with Crippen LogP contribution >= 0.6 is 15.9 Å². The minimum Gasteiger partial charge on any atom is -0.394 e. The van der Waals surface area contributed by atoms with Crippen molar-refractivity contribution in [1.82, 2.24) is 15.1 Å². The maximum Gasteiger partial charge on any atom is 0.283 e. The van der Waals surface area contributed by atoms with Crippen molar-refractivity contribution in [2.45, 2.75) is 50.4 Å². The molecule has 2 aliphatic heterocycles. The highest BCUT2D eigenvalue weighted by Crippen LogP contribution is 2.32. The maximum absolute atomic E-state index is 12.2. The third kappa shape index (κ3) is 2.86. The fourth-order valence-electron chi connectivity index (χ4n) is 3.50. The Kier molecular flexibility index (Phi) is 4.33. The van der Waals surface area contributed by atoms with Gasteiger partial charge < -0.3 is 15.3 Å². The molecule has 2 bridgehead atoms. The van der Waals surface area contributed by atoms with E-state index in [4.69, 9.17) is 5.11 Å². The lowest BCUT2D eigenvalue weighted by Gasteiger charge is -2.37. The molecule has 116 valence electrons. The van der Waals surface area contributed by atoms with Crippen molar-refractivity contribution in [2.24, 2.45) is 0 Å². The van der Waals surface area contributed by atoms with Crippen molar-refractivity contribution in [3.05, 3.63) is 21.0 Å². The van der Waals surface area contributed by atoms with Gasteiger partial charge in [0.25, 0.3) is 5.56 Å². The van der Waals surface area contributed by atoms with Gasteiger partial charge >= 0.3 is 0 Å². The Labute approximate surface area is 132 Å². The molecule has 2 fully saturated rings. The molecule has 2 atom stereocenters. The lowest BCUT2D eigenvalue weighted by Crippen LogP contribution is -2.47. The van der Waals surface area contributed by atoms with E-state index in [1.165, 1.54) is 17.5 Å². The summed E-state index contributed by atoms with van der Waals surface area (Å²) in [5, 5.41) is 16.7. The molecule has 6 nitrogen and oxygen atoms in total. The second-order valence-corrected chi connectivity index (χ2v) is 6.76. The van der Waals surface area contributed by atoms with Gasteiger partial charge in [0.15, 0.2) is 0 Å². The van der Waals surface area contributed by atoms with Crippen LogP contribution in [0.2, 0.25) is 0 Å². The van der Waals surface area contributed by atoms with E-state index < -0.39 is 0 Å². The summed E-state index contributed by atoms with van der Waals surface area (Å²) in [7, 11) is 2.03. The molecule has 1 aromatic heterocycles. The van der Waals surface area contributed by atoms with Gasteiger partial charge in [-0.1, -0.05) is 0 Å². The van der Waals surface area contributed by atoms with Crippen molar-refractivity contribution < 1.29 is 5.11 Å². The molecule has 0 aliphatic carbocycles. The molecule has 2 N–H and O–H groups in total. The number of aliphatic hydroxyl groups is 1. The zero-order chi connectivity index (χ0) is 15.0. The fourth-order valence-corrected chi connectivity index (χ4v) is 4.08. The number of hydrogen-bond donors (Lipinski definition) is 2. The molecular weight excluding hydrogens is 336 g/mol. The average Bonchev–Trinajstić information content (AvgIpc) is 2.82. The van der Waals surface area contributed by atoms with E-state index in [0.717, 1.165) is 18.5 Å². The first-order valence-corrected chi connectivity index (χ1v) is 8.24. The Balaban J connectivity index is 1.83. The van der Waals surface area contributed by atoms with Gasteiger partial charge in [0.2, 0.25) is 0 Å². The van der Waals surface area contributed by atoms with Crippen LogP contribution in [-0.4, -0.2) is 46.7 Å². The summed E-state index contributed by atoms with van der Waals surface area (Å²) in [4.78, 5) is 14.4. The molecule has 3 heterocycles. The van der Waals surface area contributed by atoms with Gasteiger partial charge in [-0.2, -0.15) is 5.10 Å². The Morgan fingerprint density at radius 3 is 2.76 bits per heavy atom. The first-order valence-electron chi connectivity index (χ1n) is 7.45. The number of anilines is 1. The van der Waals surface area contributed by atoms with Crippen molar-refractivity contribution in [3.8, 4) is 0 Å². The highest BCUT2D eigenvalue weighted by atomic mass is 79.9. The second-order valence-electron chi connectivity index (χ2n) is 5.97. The molecular formula is C14H21BrN4O2. The lowest BCUT2D eigenvalue weighted by atomic mass is 9.98. The SMILES string of the molecule is CN(c1cnn(CCO)c(=O)c1Br)C1CC2CCC(C1)N2. The summed E-state index contributed by atoms with van der Waals surface area (Å²) in [6.45, 7) is 0.130. The number of piperidine rings is 1. The molecule has 7 heteroatoms. The Hall–Kier alpha value is -0.920. The van der Waals surface area contributed by atoms with E-state index in [0.29, 0.717) is 22.6 Å². The molecule has 2 saturated heterocycles. The van der Waals surface area contributed by atoms with E-state index in [1.807, 2.05) is 7.05 Å². The topological polar surface area (TPSA) is 70.4 Å². The van der Waals surface area contributed by atoms with E-state index in [9.17, 15) is 4.79 Å². The molecule has 3 rings (SSSR count). The molecule has 0 aromatic carbocycles. The van der Waals surface area contributed by atoms with Crippen LogP contribution in [-0.2, 0) is 6.54 Å². The summed E-state index contributed by atoms with van der Waals surface area (Å²) >= 11 is 3.40. The molecule has 0 spiro atoms. The molecule has 21 heavy (non-hydrogen) atoms. The van der Waals surface area contributed by atoms with E-state index in [1.54, 1.807) is 6.20 Å². The predicted octanol–water partition coefficient (Wildman–Crippen LogP) is 0.717. The van der Waals surface area contributed by atoms with E-state index in [-0.39, 0.29) is 18.7 Å². The van der Waals surface area contributed by atoms with Crippen LogP contribution in [0.5, 0.6) is 0 Å². The normalized spacial score (nSPS) is 27.9. The first kappa shape index (κ1) is 15.0. The van der Waals surface area contributed by atoms with Crippen molar-refractivity contribution in [3.63, 3.8) is 0 Å². The molecule has 1 aromatic rings. The number of aromatic nitrogens is 2. The minimum absolute atomic E-state index is 0.0911. The summed E-state index contributed by atoms with van der Waals surface area (Å²) in [6, 6.07) is 1.66. The van der Waals surface area contributed by atoms with E-state index in [2.05, 4.69) is 31.2 Å². The lowest BCUT2D eigenvalue weighted by molar-refractivity contribution is 0.266. The molecule has 0 radical (unpaired) electrons. The van der Waals surface area contributed by atoms with Crippen LogP contribution in [0.4, 0.5) is 5.69 Å². The molecule has 0 amide bonds. The number of rotatable bonds is 4. The smallest absolute Gasteiger partial charge is 0.283 e. The monoisotopic (exact) mass is 356 g/mol. The first-order chi connectivity index (χ1) is 10.1. The average molecular weight is 357 g/mol. The van der Waals surface area contributed by atoms with Crippen LogP contribution in [0.1, 0.15) is 25.7 Å². The van der Waals surface area contributed by atoms with Crippen LogP contribution < -0.4 is 15.8 Å². The van der Waals surface area contributed by atoms with Crippen LogP contribution in [0, 0.1) is 0 Å². The molecule has 2 unspecified atom stereocenters. The van der Waals surface area contributed by atoms with Gasteiger partial charge in [-0.25, -0.2) is 4.68 Å². The largest absolute Gasteiger partial charge is 0.394 e. The van der Waals surface area contributed by atoms with Gasteiger partial charge in [0.1, 0.15) is 4.47 Å². The minimum atomic E-state index is -0.190. The van der Waals surface area contributed by atoms with Crippen molar-refractivity contribution >= 4 is 21.6 Å². The third-order valence-electron chi connectivity index (χ3n) is 4.65. The number of nitrogens with zero attached hydrogens (tertiary/aromatic N) is 3. The highest BCUT2D eigenvalue weighted by Gasteiger charge is 2.35. The van der Waals surface area contributed by atoms with Gasteiger partial charge in [-0.15, -0.1) is 0 Å². The quantitative estimate of drug-likeness (QED) is 0.831. The van der Waals surface area contributed by atoms with Gasteiger partial charge in [0, 0.05) is 25.2 Å². The number of fused-ring (bicyclic) bond motifs is 2. The number of hydrogen-bond acceptors (Lipinski definition) is 5. The standard InChI is InChI=1S/C14H21BrN4O2/c1-18(11-6-9-2-3-10(7-11)17-9)12-8-16-19(4-5-20)14(21)13(12)15/h8-11,17,20H,2-7H2,1H3. The zero-order valence-corrected chi connectivity index (χ0v) is 13.7. The predicted molar refractivity (Wildman–Crippen MR) is 84.7 cm³/mol. The summed E-state index contributed by atoms with van der Waals surface area (Å²) in [5.74, 6) is 0. The Morgan fingerprint density at radius 2 is 2.14 bits per heavy atom. The molecule has 2 aliphatic rings. The fraction of sp³-hybridized carbons (Fsp3) is 0.714. The number of nitrogens with one attached hydrogen (secondary N) is 1. The summed E-state index contributed by atoms with van der Waals surface area (Å²) in [6.07, 6.45) is 6.45. The van der Waals surface area contributed by atoms with Crippen molar-refractivity contribution in [1.29, 1.82) is 0 Å². The van der Waals surface area contributed by atoms with Gasteiger partial charge in [-0.3, -0.25) is 4.79 Å². The summed E-state index contributed by atoms with van der Waals surface area (Å²) in [5.41, 5.74) is 0.644. The summed E-state index contributed by atoms with van der Waals surface area (Å²) < 4.78 is 1.81.